The predicted octanol–water partition coefficient (Wildman–Crippen LogP) is -0.496. The van der Waals surface area contributed by atoms with Crippen LogP contribution in [0.5, 0.6) is 0 Å². The number of hydrogen-bond acceptors (Lipinski definition) is 5. The van der Waals surface area contributed by atoms with E-state index in [1.165, 1.54) is 10.4 Å². The van der Waals surface area contributed by atoms with E-state index in [1.54, 1.807) is 0 Å². The molecule has 0 bridgehead atoms. The van der Waals surface area contributed by atoms with Gasteiger partial charge in [0.15, 0.2) is 0 Å². The van der Waals surface area contributed by atoms with Crippen molar-refractivity contribution in [2.75, 3.05) is 6.54 Å². The number of tetrazole rings is 1. The Kier molecular flexibility index (Phi) is 4.60. The number of carbonyl (C=O) groups excluding carboxylic acids is 2. The quantitative estimate of drug-likeness (QED) is 0.743. The number of nitrogens with two attached hydrogens (primary N) is 1. The Hall–Kier alpha value is -2.77. The number of aryl methyl sites for hydroxylation is 1. The third-order valence-corrected chi connectivity index (χ3v) is 2.82. The van der Waals surface area contributed by atoms with Crippen molar-refractivity contribution in [2.24, 2.45) is 5.73 Å². The van der Waals surface area contributed by atoms with Crippen molar-refractivity contribution < 1.29 is 9.59 Å². The molecule has 0 fully saturated rings. The van der Waals surface area contributed by atoms with E-state index in [4.69, 9.17) is 5.73 Å². The number of benzene rings is 1. The van der Waals surface area contributed by atoms with Gasteiger partial charge in [-0.05, 0) is 17.2 Å². The minimum atomic E-state index is -0.605. The Labute approximate surface area is 121 Å². The molecule has 21 heavy (non-hydrogen) atoms. The molecule has 2 amide bonds. The van der Waals surface area contributed by atoms with Crippen molar-refractivity contribution in [3.63, 3.8) is 0 Å². The summed E-state index contributed by atoms with van der Waals surface area (Å²) >= 11 is 0. The summed E-state index contributed by atoms with van der Waals surface area (Å²) in [6.45, 7) is 1.75. The second-order valence-corrected chi connectivity index (χ2v) is 4.44. The molecule has 0 saturated carbocycles. The lowest BCUT2D eigenvalue weighted by Gasteiger charge is -2.00. The highest BCUT2D eigenvalue weighted by Gasteiger charge is 2.09. The highest BCUT2D eigenvalue weighted by molar-refractivity contribution is 5.83. The van der Waals surface area contributed by atoms with Crippen LogP contribution in [0.2, 0.25) is 0 Å². The summed E-state index contributed by atoms with van der Waals surface area (Å²) in [6, 6.07) is 7.81. The van der Waals surface area contributed by atoms with Crippen LogP contribution in [0.1, 0.15) is 12.5 Å². The van der Waals surface area contributed by atoms with Crippen molar-refractivity contribution in [3.05, 3.63) is 29.8 Å². The fourth-order valence-electron chi connectivity index (χ4n) is 1.69. The smallest absolute Gasteiger partial charge is 0.244 e. The number of nitrogens with one attached hydrogen (secondary N) is 1. The molecule has 0 saturated heterocycles. The first-order valence-electron chi connectivity index (χ1n) is 6.50. The molecule has 1 aromatic carbocycles. The Balaban J connectivity index is 2.00. The third-order valence-electron chi connectivity index (χ3n) is 2.82. The number of carbonyl (C=O) groups is 2. The molecule has 110 valence electrons. The van der Waals surface area contributed by atoms with Gasteiger partial charge < -0.3 is 11.1 Å². The largest absolute Gasteiger partial charge is 0.368 e. The van der Waals surface area contributed by atoms with Gasteiger partial charge in [0, 0.05) is 5.56 Å². The van der Waals surface area contributed by atoms with Crippen LogP contribution in [0.3, 0.4) is 0 Å². The molecule has 1 aromatic heterocycles. The summed E-state index contributed by atoms with van der Waals surface area (Å²) in [5.74, 6) is -0.564. The van der Waals surface area contributed by atoms with Gasteiger partial charge in [0.2, 0.25) is 17.6 Å². The molecular weight excluding hydrogens is 272 g/mol. The molecule has 8 nitrogen and oxygen atoms in total. The lowest BCUT2D eigenvalue weighted by molar-refractivity contribution is -0.125. The van der Waals surface area contributed by atoms with Gasteiger partial charge in [0.1, 0.15) is 6.54 Å². The van der Waals surface area contributed by atoms with Gasteiger partial charge >= 0.3 is 0 Å². The number of rotatable bonds is 6. The number of nitrogens with zero attached hydrogens (tertiary/aromatic N) is 4. The first-order valence-corrected chi connectivity index (χ1v) is 6.50. The predicted molar refractivity (Wildman–Crippen MR) is 74.8 cm³/mol. The average Bonchev–Trinajstić information content (AvgIpc) is 2.93. The van der Waals surface area contributed by atoms with E-state index in [1.807, 2.05) is 24.3 Å². The first-order chi connectivity index (χ1) is 10.1. The number of aromatic nitrogens is 4. The van der Waals surface area contributed by atoms with Crippen LogP contribution in [-0.4, -0.2) is 38.6 Å². The number of amides is 2. The lowest BCUT2D eigenvalue weighted by Crippen LogP contribution is -2.35. The van der Waals surface area contributed by atoms with E-state index in [9.17, 15) is 9.59 Å². The first kappa shape index (κ1) is 14.6. The zero-order chi connectivity index (χ0) is 15.2. The van der Waals surface area contributed by atoms with E-state index in [0.717, 1.165) is 12.0 Å². The number of hydrogen-bond donors (Lipinski definition) is 2. The summed E-state index contributed by atoms with van der Waals surface area (Å²) in [7, 11) is 0. The molecule has 8 heteroatoms. The lowest BCUT2D eigenvalue weighted by atomic mass is 10.1. The van der Waals surface area contributed by atoms with Crippen molar-refractivity contribution in [2.45, 2.75) is 19.9 Å². The van der Waals surface area contributed by atoms with Gasteiger partial charge in [-0.2, -0.15) is 4.80 Å². The summed E-state index contributed by atoms with van der Waals surface area (Å²) in [5.41, 5.74) is 6.98. The maximum absolute atomic E-state index is 11.5. The Morgan fingerprint density at radius 2 is 2.00 bits per heavy atom. The van der Waals surface area contributed by atoms with Crippen LogP contribution in [-0.2, 0) is 22.6 Å². The fraction of sp³-hybridized carbons (Fsp3) is 0.308. The topological polar surface area (TPSA) is 116 Å². The molecule has 0 radical (unpaired) electrons. The normalized spacial score (nSPS) is 10.3. The van der Waals surface area contributed by atoms with Crippen molar-refractivity contribution in [1.29, 1.82) is 0 Å². The Morgan fingerprint density at radius 1 is 1.29 bits per heavy atom. The van der Waals surface area contributed by atoms with Crippen LogP contribution in [0.4, 0.5) is 0 Å². The van der Waals surface area contributed by atoms with Gasteiger partial charge in [0.25, 0.3) is 0 Å². The molecular formula is C13H16N6O2. The molecule has 0 aliphatic heterocycles. The molecule has 0 atom stereocenters. The van der Waals surface area contributed by atoms with Gasteiger partial charge in [-0.15, -0.1) is 10.2 Å². The Bertz CT molecular complexity index is 634. The van der Waals surface area contributed by atoms with Crippen LogP contribution < -0.4 is 11.1 Å². The maximum atomic E-state index is 11.5. The van der Waals surface area contributed by atoms with E-state index in [2.05, 4.69) is 27.7 Å². The van der Waals surface area contributed by atoms with Crippen LogP contribution in [0, 0.1) is 0 Å². The minimum absolute atomic E-state index is 0.118. The van der Waals surface area contributed by atoms with Crippen molar-refractivity contribution >= 4 is 11.8 Å². The van der Waals surface area contributed by atoms with E-state index in [-0.39, 0.29) is 13.1 Å². The molecule has 1 heterocycles. The maximum Gasteiger partial charge on any atom is 0.244 e. The third kappa shape index (κ3) is 4.10. The summed E-state index contributed by atoms with van der Waals surface area (Å²) in [5, 5.41) is 14.2. The second kappa shape index (κ2) is 6.60. The zero-order valence-corrected chi connectivity index (χ0v) is 11.6. The standard InChI is InChI=1S/C13H16N6O2/c1-2-9-3-5-10(6-4-9)13-16-18-19(17-13)8-12(21)15-7-11(14)20/h3-6H,2,7-8H2,1H3,(H2,14,20)(H,15,21). The molecule has 0 spiro atoms. The van der Waals surface area contributed by atoms with Gasteiger partial charge in [0.05, 0.1) is 6.54 Å². The summed E-state index contributed by atoms with van der Waals surface area (Å²) < 4.78 is 0. The van der Waals surface area contributed by atoms with Crippen LogP contribution in [0.15, 0.2) is 24.3 Å². The van der Waals surface area contributed by atoms with Gasteiger partial charge in [-0.25, -0.2) is 0 Å². The average molecular weight is 288 g/mol. The number of primary amides is 1. The van der Waals surface area contributed by atoms with Crippen molar-refractivity contribution in [1.82, 2.24) is 25.5 Å². The van der Waals surface area contributed by atoms with Crippen molar-refractivity contribution in [3.8, 4) is 11.4 Å². The monoisotopic (exact) mass is 288 g/mol. The highest BCUT2D eigenvalue weighted by Crippen LogP contribution is 2.14. The van der Waals surface area contributed by atoms with Gasteiger partial charge in [-0.3, -0.25) is 9.59 Å². The van der Waals surface area contributed by atoms with Crippen LogP contribution in [0.25, 0.3) is 11.4 Å². The molecule has 0 aliphatic rings. The molecule has 2 aromatic rings. The van der Waals surface area contributed by atoms with E-state index in [0.29, 0.717) is 5.82 Å². The Morgan fingerprint density at radius 3 is 2.62 bits per heavy atom. The van der Waals surface area contributed by atoms with Crippen LogP contribution >= 0.6 is 0 Å². The summed E-state index contributed by atoms with van der Waals surface area (Å²) in [6.07, 6.45) is 0.959. The highest BCUT2D eigenvalue weighted by atomic mass is 16.2. The van der Waals surface area contributed by atoms with Gasteiger partial charge in [-0.1, -0.05) is 31.2 Å². The molecule has 0 unspecified atom stereocenters. The molecule has 0 aliphatic carbocycles. The minimum Gasteiger partial charge on any atom is -0.368 e. The SMILES string of the molecule is CCc1ccc(-c2nnn(CC(=O)NCC(N)=O)n2)cc1. The summed E-state index contributed by atoms with van der Waals surface area (Å²) in [4.78, 5) is 23.2. The second-order valence-electron chi connectivity index (χ2n) is 4.44. The van der Waals surface area contributed by atoms with E-state index < -0.39 is 11.8 Å². The molecule has 3 N–H and O–H groups in total. The van der Waals surface area contributed by atoms with E-state index >= 15 is 0 Å². The fourth-order valence-corrected chi connectivity index (χ4v) is 1.69. The zero-order valence-electron chi connectivity index (χ0n) is 11.6. The molecule has 2 rings (SSSR count).